The van der Waals surface area contributed by atoms with E-state index < -0.39 is 0 Å². The van der Waals surface area contributed by atoms with Crippen molar-refractivity contribution >= 4 is 11.9 Å². The number of anilines is 1. The van der Waals surface area contributed by atoms with Crippen molar-refractivity contribution in [2.45, 2.75) is 19.4 Å². The van der Waals surface area contributed by atoms with Gasteiger partial charge in [0.1, 0.15) is 5.82 Å². The lowest BCUT2D eigenvalue weighted by atomic mass is 9.88. The van der Waals surface area contributed by atoms with Gasteiger partial charge < -0.3 is 11.1 Å². The first-order chi connectivity index (χ1) is 12.5. The molecule has 3 N–H and O–H groups in total. The number of fused-ring (bicyclic) bond motifs is 1. The van der Waals surface area contributed by atoms with Gasteiger partial charge >= 0.3 is 0 Å². The molecular formula is C20H17FN4O. The lowest BCUT2D eigenvalue weighted by molar-refractivity contribution is 0.0923. The number of rotatable bonds is 2. The molecule has 130 valence electrons. The van der Waals surface area contributed by atoms with Gasteiger partial charge in [0.05, 0.1) is 17.3 Å². The molecule has 4 rings (SSSR count). The maximum absolute atomic E-state index is 13.8. The first kappa shape index (κ1) is 16.2. The van der Waals surface area contributed by atoms with Gasteiger partial charge in [-0.05, 0) is 41.3 Å². The van der Waals surface area contributed by atoms with E-state index in [1.807, 2.05) is 31.2 Å². The second kappa shape index (κ2) is 6.22. The zero-order valence-corrected chi connectivity index (χ0v) is 14.2. The van der Waals surface area contributed by atoms with Gasteiger partial charge in [-0.25, -0.2) is 14.4 Å². The summed E-state index contributed by atoms with van der Waals surface area (Å²) in [6.45, 7) is 1.94. The predicted octanol–water partition coefficient (Wildman–Crippen LogP) is 3.20. The van der Waals surface area contributed by atoms with Gasteiger partial charge in [-0.3, -0.25) is 4.79 Å². The van der Waals surface area contributed by atoms with E-state index in [0.717, 1.165) is 22.3 Å². The van der Waals surface area contributed by atoms with Crippen LogP contribution in [0, 0.1) is 12.7 Å². The van der Waals surface area contributed by atoms with Crippen molar-refractivity contribution in [3.05, 3.63) is 76.9 Å². The van der Waals surface area contributed by atoms with Crippen molar-refractivity contribution in [1.29, 1.82) is 0 Å². The second-order valence-electron chi connectivity index (χ2n) is 6.37. The van der Waals surface area contributed by atoms with Crippen LogP contribution in [0.3, 0.4) is 0 Å². The number of aromatic nitrogens is 2. The second-order valence-corrected chi connectivity index (χ2v) is 6.37. The van der Waals surface area contributed by atoms with Crippen molar-refractivity contribution < 1.29 is 9.18 Å². The molecule has 5 nitrogen and oxygen atoms in total. The van der Waals surface area contributed by atoms with E-state index in [1.165, 1.54) is 18.3 Å². The van der Waals surface area contributed by atoms with Crippen LogP contribution < -0.4 is 11.1 Å². The van der Waals surface area contributed by atoms with Crippen molar-refractivity contribution in [3.63, 3.8) is 0 Å². The van der Waals surface area contributed by atoms with Crippen molar-refractivity contribution in [3.8, 4) is 11.1 Å². The number of nitrogen functional groups attached to an aromatic ring is 1. The van der Waals surface area contributed by atoms with Crippen molar-refractivity contribution in [2.75, 3.05) is 5.73 Å². The molecule has 1 aliphatic rings. The molecule has 3 aromatic rings. The van der Waals surface area contributed by atoms with Crippen molar-refractivity contribution in [1.82, 2.24) is 15.3 Å². The molecule has 2 heterocycles. The molecule has 1 aromatic heterocycles. The number of benzene rings is 2. The summed E-state index contributed by atoms with van der Waals surface area (Å²) in [5.74, 6) is -0.382. The molecule has 0 bridgehead atoms. The number of aryl methyl sites for hydroxylation is 1. The van der Waals surface area contributed by atoms with E-state index in [9.17, 15) is 9.18 Å². The van der Waals surface area contributed by atoms with Gasteiger partial charge in [0.15, 0.2) is 0 Å². The average molecular weight is 348 g/mol. The zero-order chi connectivity index (χ0) is 18.3. The number of nitrogens with zero attached hydrogens (tertiary/aromatic N) is 2. The number of carbonyl (C=O) groups excluding carboxylic acids is 1. The maximum atomic E-state index is 13.8. The molecule has 1 aliphatic heterocycles. The minimum absolute atomic E-state index is 0.145. The van der Waals surface area contributed by atoms with Crippen LogP contribution in [0.5, 0.6) is 0 Å². The average Bonchev–Trinajstić information content (AvgIpc) is 2.63. The Kier molecular flexibility index (Phi) is 3.88. The summed E-state index contributed by atoms with van der Waals surface area (Å²) in [7, 11) is 0. The molecule has 0 saturated heterocycles. The number of nitrogens with one attached hydrogen (secondary N) is 1. The van der Waals surface area contributed by atoms with Gasteiger partial charge in [-0.2, -0.15) is 0 Å². The molecule has 2 aromatic carbocycles. The summed E-state index contributed by atoms with van der Waals surface area (Å²) >= 11 is 0. The van der Waals surface area contributed by atoms with Crippen molar-refractivity contribution in [2.24, 2.45) is 0 Å². The topological polar surface area (TPSA) is 80.9 Å². The highest BCUT2D eigenvalue weighted by atomic mass is 19.1. The van der Waals surface area contributed by atoms with E-state index >= 15 is 0 Å². The third-order valence-electron chi connectivity index (χ3n) is 4.66. The van der Waals surface area contributed by atoms with Crippen LogP contribution in [0.1, 0.15) is 33.2 Å². The number of carbonyl (C=O) groups is 1. The summed E-state index contributed by atoms with van der Waals surface area (Å²) < 4.78 is 13.8. The molecule has 0 saturated carbocycles. The van der Waals surface area contributed by atoms with Crippen LogP contribution in [0.4, 0.5) is 10.3 Å². The lowest BCUT2D eigenvalue weighted by Gasteiger charge is -2.27. The Balaban J connectivity index is 1.80. The first-order valence-corrected chi connectivity index (χ1v) is 8.30. The van der Waals surface area contributed by atoms with Crippen LogP contribution >= 0.6 is 0 Å². The van der Waals surface area contributed by atoms with Gasteiger partial charge in [0, 0.05) is 12.6 Å². The molecule has 0 fully saturated rings. The van der Waals surface area contributed by atoms with E-state index in [0.29, 0.717) is 17.7 Å². The molecular weight excluding hydrogens is 331 g/mol. The summed E-state index contributed by atoms with van der Waals surface area (Å²) in [5.41, 5.74) is 10.3. The largest absolute Gasteiger partial charge is 0.368 e. The highest BCUT2D eigenvalue weighted by Gasteiger charge is 2.28. The first-order valence-electron chi connectivity index (χ1n) is 8.30. The Morgan fingerprint density at radius 2 is 1.96 bits per heavy atom. The molecule has 0 radical (unpaired) electrons. The minimum atomic E-state index is -0.293. The zero-order valence-electron chi connectivity index (χ0n) is 14.2. The van der Waals surface area contributed by atoms with Gasteiger partial charge in [0.25, 0.3) is 5.91 Å². The Morgan fingerprint density at radius 3 is 2.81 bits per heavy atom. The van der Waals surface area contributed by atoms with E-state index in [1.54, 1.807) is 6.07 Å². The molecule has 6 heteroatoms. The van der Waals surface area contributed by atoms with E-state index in [-0.39, 0.29) is 23.7 Å². The van der Waals surface area contributed by atoms with Gasteiger partial charge in [-0.15, -0.1) is 0 Å². The number of hydrogen-bond acceptors (Lipinski definition) is 4. The Hall–Kier alpha value is -3.28. The van der Waals surface area contributed by atoms with E-state index in [4.69, 9.17) is 5.73 Å². The fraction of sp³-hybridized carbons (Fsp3) is 0.150. The Bertz CT molecular complexity index is 1020. The normalized spacial score (nSPS) is 16.1. The highest BCUT2D eigenvalue weighted by molar-refractivity contribution is 5.96. The summed E-state index contributed by atoms with van der Waals surface area (Å²) in [6.07, 6.45) is 1.95. The molecule has 0 spiro atoms. The van der Waals surface area contributed by atoms with Crippen LogP contribution in [0.2, 0.25) is 0 Å². The minimum Gasteiger partial charge on any atom is -0.368 e. The van der Waals surface area contributed by atoms with Crippen LogP contribution in [0.25, 0.3) is 11.1 Å². The lowest BCUT2D eigenvalue weighted by Crippen LogP contribution is -2.36. The van der Waals surface area contributed by atoms with Gasteiger partial charge in [-0.1, -0.05) is 30.3 Å². The monoisotopic (exact) mass is 348 g/mol. The third-order valence-corrected chi connectivity index (χ3v) is 4.66. The molecule has 1 unspecified atom stereocenters. The molecule has 1 atom stereocenters. The molecule has 1 amide bonds. The summed E-state index contributed by atoms with van der Waals surface area (Å²) in [5, 5.41) is 3.00. The number of nitrogens with two attached hydrogens (primary N) is 1. The number of hydrogen-bond donors (Lipinski definition) is 2. The third kappa shape index (κ3) is 2.79. The summed E-state index contributed by atoms with van der Waals surface area (Å²) in [6, 6.07) is 12.1. The SMILES string of the molecule is Cc1ccc(F)cc1-c1ccccc1C1Cc2nc(N)ncc2C(=O)N1. The van der Waals surface area contributed by atoms with E-state index in [2.05, 4.69) is 15.3 Å². The van der Waals surface area contributed by atoms with Crippen LogP contribution in [-0.2, 0) is 6.42 Å². The predicted molar refractivity (Wildman–Crippen MR) is 96.9 cm³/mol. The van der Waals surface area contributed by atoms with Gasteiger partial charge in [0.2, 0.25) is 5.95 Å². The Labute approximate surface area is 150 Å². The van der Waals surface area contributed by atoms with Crippen LogP contribution in [0.15, 0.2) is 48.7 Å². The summed E-state index contributed by atoms with van der Waals surface area (Å²) in [4.78, 5) is 20.6. The fourth-order valence-electron chi connectivity index (χ4n) is 3.38. The Morgan fingerprint density at radius 1 is 1.15 bits per heavy atom. The maximum Gasteiger partial charge on any atom is 0.255 e. The fourth-order valence-corrected chi connectivity index (χ4v) is 3.38. The molecule has 26 heavy (non-hydrogen) atoms. The number of amides is 1. The quantitative estimate of drug-likeness (QED) is 0.745. The van der Waals surface area contributed by atoms with Crippen LogP contribution in [-0.4, -0.2) is 15.9 Å². The molecule has 0 aliphatic carbocycles. The highest BCUT2D eigenvalue weighted by Crippen LogP contribution is 2.34. The number of halogens is 1. The smallest absolute Gasteiger partial charge is 0.255 e. The standard InChI is InChI=1S/C20H17FN4O/c1-11-6-7-12(21)8-15(11)13-4-2-3-5-14(13)17-9-18-16(19(26)24-17)10-23-20(22)25-18/h2-8,10,17H,9H2,1H3,(H,24,26)(H2,22,23,25).